The lowest BCUT2D eigenvalue weighted by atomic mass is 9.97. The number of carbonyl (C=O) groups excluding carboxylic acids is 1. The number of likely N-dealkylation sites (tertiary alicyclic amines) is 1. The van der Waals surface area contributed by atoms with Crippen molar-refractivity contribution < 1.29 is 14.1 Å². The number of aromatic nitrogens is 4. The molecule has 0 aromatic carbocycles. The van der Waals surface area contributed by atoms with E-state index in [4.69, 9.17) is 9.26 Å². The van der Waals surface area contributed by atoms with Gasteiger partial charge in [-0.1, -0.05) is 11.2 Å². The number of rotatable bonds is 4. The van der Waals surface area contributed by atoms with Gasteiger partial charge in [-0.3, -0.25) is 4.98 Å². The quantitative estimate of drug-likeness (QED) is 0.666. The number of hydrogen-bond donors (Lipinski definition) is 1. The summed E-state index contributed by atoms with van der Waals surface area (Å²) < 4.78 is 10.8. The number of urea groups is 1. The maximum Gasteiger partial charge on any atom is 0.321 e. The van der Waals surface area contributed by atoms with Gasteiger partial charge < -0.3 is 24.4 Å². The number of morpholine rings is 1. The smallest absolute Gasteiger partial charge is 0.321 e. The lowest BCUT2D eigenvalue weighted by Gasteiger charge is -2.30. The molecule has 2 aliphatic rings. The lowest BCUT2D eigenvalue weighted by molar-refractivity contribution is 0.122. The average molecular weight is 435 g/mol. The van der Waals surface area contributed by atoms with E-state index in [-0.39, 0.29) is 11.9 Å². The van der Waals surface area contributed by atoms with Gasteiger partial charge >= 0.3 is 6.03 Å². The molecule has 3 aromatic heterocycles. The molecule has 0 bridgehead atoms. The molecule has 166 valence electrons. The normalized spacial score (nSPS) is 17.4. The Hall–Kier alpha value is -3.53. The van der Waals surface area contributed by atoms with Crippen LogP contribution in [-0.4, -0.2) is 70.4 Å². The molecular formula is C22H25N7O3. The molecule has 3 aromatic rings. The highest BCUT2D eigenvalue weighted by atomic mass is 16.5. The molecule has 10 nitrogen and oxygen atoms in total. The Balaban J connectivity index is 1.13. The number of amides is 2. The molecular weight excluding hydrogens is 410 g/mol. The summed E-state index contributed by atoms with van der Waals surface area (Å²) in [5, 5.41) is 7.00. The standard InChI is InChI=1S/C22H25N7O3/c30-22(25-17-4-5-19(24-15-17)28-11-13-31-14-12-28)29-9-6-16(7-10-29)21-26-20(27-32-21)18-3-1-2-8-23-18/h1-5,8,15-16H,6-7,9-14H2,(H,25,30). The van der Waals surface area contributed by atoms with Crippen molar-refractivity contribution >= 4 is 17.5 Å². The van der Waals surface area contributed by atoms with Crippen molar-refractivity contribution in [3.63, 3.8) is 0 Å². The fourth-order valence-electron chi connectivity index (χ4n) is 3.97. The van der Waals surface area contributed by atoms with Gasteiger partial charge in [-0.05, 0) is 37.1 Å². The minimum atomic E-state index is -0.121. The summed E-state index contributed by atoms with van der Waals surface area (Å²) in [5.74, 6) is 2.14. The fourth-order valence-corrected chi connectivity index (χ4v) is 3.97. The molecule has 0 aliphatic carbocycles. The number of carbonyl (C=O) groups is 1. The third kappa shape index (κ3) is 4.54. The van der Waals surface area contributed by atoms with E-state index in [0.29, 0.717) is 49.4 Å². The van der Waals surface area contributed by atoms with Gasteiger partial charge in [0.25, 0.3) is 0 Å². The zero-order chi connectivity index (χ0) is 21.8. The van der Waals surface area contributed by atoms with Crippen LogP contribution in [0.3, 0.4) is 0 Å². The molecule has 0 atom stereocenters. The zero-order valence-electron chi connectivity index (χ0n) is 17.7. The minimum Gasteiger partial charge on any atom is -0.378 e. The maximum atomic E-state index is 12.7. The third-order valence-corrected chi connectivity index (χ3v) is 5.80. The molecule has 2 aliphatic heterocycles. The number of ether oxygens (including phenoxy) is 1. The van der Waals surface area contributed by atoms with E-state index < -0.39 is 0 Å². The van der Waals surface area contributed by atoms with Crippen molar-refractivity contribution in [1.29, 1.82) is 0 Å². The van der Waals surface area contributed by atoms with Gasteiger partial charge in [-0.25, -0.2) is 9.78 Å². The average Bonchev–Trinajstić information content (AvgIpc) is 3.36. The largest absolute Gasteiger partial charge is 0.378 e. The first kappa shape index (κ1) is 20.4. The van der Waals surface area contributed by atoms with Crippen molar-refractivity contribution in [2.75, 3.05) is 49.6 Å². The maximum absolute atomic E-state index is 12.7. The number of hydrogen-bond acceptors (Lipinski definition) is 8. The van der Waals surface area contributed by atoms with Gasteiger partial charge in [-0.15, -0.1) is 0 Å². The van der Waals surface area contributed by atoms with Gasteiger partial charge in [0.1, 0.15) is 11.5 Å². The number of pyridine rings is 2. The van der Waals surface area contributed by atoms with E-state index in [2.05, 4.69) is 30.3 Å². The van der Waals surface area contributed by atoms with Crippen LogP contribution in [-0.2, 0) is 4.74 Å². The van der Waals surface area contributed by atoms with E-state index in [0.717, 1.165) is 31.7 Å². The van der Waals surface area contributed by atoms with Crippen molar-refractivity contribution in [3.8, 4) is 11.5 Å². The summed E-state index contributed by atoms with van der Waals surface area (Å²) in [4.78, 5) is 29.9. The zero-order valence-corrected chi connectivity index (χ0v) is 17.7. The number of anilines is 2. The number of piperidine rings is 1. The monoisotopic (exact) mass is 435 g/mol. The molecule has 2 amide bonds. The van der Waals surface area contributed by atoms with E-state index in [9.17, 15) is 4.79 Å². The van der Waals surface area contributed by atoms with Crippen LogP contribution in [0.1, 0.15) is 24.7 Å². The first-order chi connectivity index (χ1) is 15.8. The highest BCUT2D eigenvalue weighted by Crippen LogP contribution is 2.28. The molecule has 0 radical (unpaired) electrons. The molecule has 32 heavy (non-hydrogen) atoms. The summed E-state index contributed by atoms with van der Waals surface area (Å²) in [5.41, 5.74) is 1.37. The summed E-state index contributed by atoms with van der Waals surface area (Å²) in [6, 6.07) is 9.29. The number of nitrogens with one attached hydrogen (secondary N) is 1. The summed E-state index contributed by atoms with van der Waals surface area (Å²) >= 11 is 0. The van der Waals surface area contributed by atoms with Crippen LogP contribution in [0.2, 0.25) is 0 Å². The molecule has 2 saturated heterocycles. The van der Waals surface area contributed by atoms with Gasteiger partial charge in [-0.2, -0.15) is 4.98 Å². The first-order valence-corrected chi connectivity index (χ1v) is 10.9. The van der Waals surface area contributed by atoms with E-state index >= 15 is 0 Å². The van der Waals surface area contributed by atoms with Crippen LogP contribution in [0.5, 0.6) is 0 Å². The first-order valence-electron chi connectivity index (χ1n) is 10.9. The lowest BCUT2D eigenvalue weighted by Crippen LogP contribution is -2.40. The van der Waals surface area contributed by atoms with Gasteiger partial charge in [0.15, 0.2) is 0 Å². The summed E-state index contributed by atoms with van der Waals surface area (Å²) in [7, 11) is 0. The molecule has 0 spiro atoms. The highest BCUT2D eigenvalue weighted by molar-refractivity contribution is 5.89. The molecule has 10 heteroatoms. The van der Waals surface area contributed by atoms with Gasteiger partial charge in [0.2, 0.25) is 11.7 Å². The Labute approximate surface area is 185 Å². The van der Waals surface area contributed by atoms with Crippen LogP contribution in [0, 0.1) is 0 Å². The van der Waals surface area contributed by atoms with Crippen molar-refractivity contribution in [3.05, 3.63) is 48.6 Å². The summed E-state index contributed by atoms with van der Waals surface area (Å²) in [6.07, 6.45) is 4.94. The van der Waals surface area contributed by atoms with Crippen LogP contribution in [0.25, 0.3) is 11.5 Å². The molecule has 5 heterocycles. The van der Waals surface area contributed by atoms with Crippen molar-refractivity contribution in [2.24, 2.45) is 0 Å². The predicted molar refractivity (Wildman–Crippen MR) is 117 cm³/mol. The molecule has 1 N–H and O–H groups in total. The van der Waals surface area contributed by atoms with Crippen LogP contribution < -0.4 is 10.2 Å². The Morgan fingerprint density at radius 1 is 1.03 bits per heavy atom. The molecule has 2 fully saturated rings. The van der Waals surface area contributed by atoms with E-state index in [1.165, 1.54) is 0 Å². The van der Waals surface area contributed by atoms with Crippen LogP contribution in [0.15, 0.2) is 47.2 Å². The molecule has 0 unspecified atom stereocenters. The number of nitrogens with zero attached hydrogens (tertiary/aromatic N) is 6. The molecule has 0 saturated carbocycles. The Bertz CT molecular complexity index is 1030. The fraction of sp³-hybridized carbons (Fsp3) is 0.409. The van der Waals surface area contributed by atoms with E-state index in [1.807, 2.05) is 35.2 Å². The van der Waals surface area contributed by atoms with Crippen LogP contribution in [0.4, 0.5) is 16.3 Å². The Morgan fingerprint density at radius 3 is 2.59 bits per heavy atom. The Morgan fingerprint density at radius 2 is 1.88 bits per heavy atom. The summed E-state index contributed by atoms with van der Waals surface area (Å²) in [6.45, 7) is 4.33. The SMILES string of the molecule is O=C(Nc1ccc(N2CCOCC2)nc1)N1CCC(c2nc(-c3ccccn3)no2)CC1. The Kier molecular flexibility index (Phi) is 5.93. The highest BCUT2D eigenvalue weighted by Gasteiger charge is 2.28. The topological polar surface area (TPSA) is 110 Å². The minimum absolute atomic E-state index is 0.121. The predicted octanol–water partition coefficient (Wildman–Crippen LogP) is 2.77. The van der Waals surface area contributed by atoms with Gasteiger partial charge in [0.05, 0.1) is 25.1 Å². The van der Waals surface area contributed by atoms with E-state index in [1.54, 1.807) is 12.4 Å². The second-order valence-corrected chi connectivity index (χ2v) is 7.87. The molecule has 5 rings (SSSR count). The second kappa shape index (κ2) is 9.31. The van der Waals surface area contributed by atoms with Crippen molar-refractivity contribution in [1.82, 2.24) is 25.0 Å². The van der Waals surface area contributed by atoms with Gasteiger partial charge in [0, 0.05) is 38.3 Å². The third-order valence-electron chi connectivity index (χ3n) is 5.80. The van der Waals surface area contributed by atoms with Crippen molar-refractivity contribution in [2.45, 2.75) is 18.8 Å². The second-order valence-electron chi connectivity index (χ2n) is 7.87. The van der Waals surface area contributed by atoms with Crippen LogP contribution >= 0.6 is 0 Å².